The Balaban J connectivity index is 1.85. The Morgan fingerprint density at radius 2 is 2.07 bits per heavy atom. The van der Waals surface area contributed by atoms with Gasteiger partial charge in [0.1, 0.15) is 5.82 Å². The molecule has 1 aromatic heterocycles. The molecule has 1 aliphatic heterocycles. The molecule has 2 heterocycles. The second-order valence-electron chi connectivity index (χ2n) is 7.38. The van der Waals surface area contributed by atoms with Crippen LogP contribution in [0.15, 0.2) is 18.3 Å². The molecule has 4 N–H and O–H groups in total. The fourth-order valence-electron chi connectivity index (χ4n) is 2.88. The van der Waals surface area contributed by atoms with Crippen LogP contribution in [0.3, 0.4) is 0 Å². The number of pyridine rings is 1. The number of carbonyl (C=O) groups excluding carboxylic acids is 3. The number of hydrogen-bond donors (Lipinski definition) is 3. The number of nitrogens with two attached hydrogens (primary N) is 1. The Labute approximate surface area is 159 Å². The minimum atomic E-state index is -0.639. The van der Waals surface area contributed by atoms with E-state index in [0.29, 0.717) is 25.3 Å². The van der Waals surface area contributed by atoms with Crippen LogP contribution in [0, 0.1) is 18.8 Å². The van der Waals surface area contributed by atoms with E-state index in [1.165, 1.54) is 0 Å². The van der Waals surface area contributed by atoms with Crippen LogP contribution in [0.5, 0.6) is 0 Å². The predicted molar refractivity (Wildman–Crippen MR) is 103 cm³/mol. The first-order valence-electron chi connectivity index (χ1n) is 9.32. The molecule has 0 aliphatic carbocycles. The minimum absolute atomic E-state index is 0.00134. The van der Waals surface area contributed by atoms with Crippen molar-refractivity contribution in [2.24, 2.45) is 17.6 Å². The lowest BCUT2D eigenvalue weighted by Gasteiger charge is -2.32. The van der Waals surface area contributed by atoms with Gasteiger partial charge in [-0.3, -0.25) is 14.4 Å². The van der Waals surface area contributed by atoms with Gasteiger partial charge in [0, 0.05) is 19.3 Å². The molecule has 1 saturated heterocycles. The van der Waals surface area contributed by atoms with Crippen molar-refractivity contribution in [2.75, 3.05) is 25.0 Å². The van der Waals surface area contributed by atoms with Crippen LogP contribution in [0.4, 0.5) is 5.82 Å². The summed E-state index contributed by atoms with van der Waals surface area (Å²) in [5, 5.41) is 5.39. The Hall–Kier alpha value is -2.48. The van der Waals surface area contributed by atoms with Gasteiger partial charge in [-0.2, -0.15) is 0 Å². The monoisotopic (exact) mass is 375 g/mol. The van der Waals surface area contributed by atoms with Crippen molar-refractivity contribution in [3.63, 3.8) is 0 Å². The Morgan fingerprint density at radius 3 is 2.70 bits per heavy atom. The van der Waals surface area contributed by atoms with Gasteiger partial charge in [-0.25, -0.2) is 4.98 Å². The van der Waals surface area contributed by atoms with E-state index in [1.54, 1.807) is 17.2 Å². The van der Waals surface area contributed by atoms with Gasteiger partial charge in [-0.15, -0.1) is 0 Å². The van der Waals surface area contributed by atoms with Crippen LogP contribution in [0.1, 0.15) is 32.3 Å². The number of nitrogens with one attached hydrogen (secondary N) is 2. The highest BCUT2D eigenvalue weighted by atomic mass is 16.2. The average Bonchev–Trinajstić information content (AvgIpc) is 2.66. The summed E-state index contributed by atoms with van der Waals surface area (Å²) in [7, 11) is 0. The standard InChI is InChI=1S/C19H29N5O3/c1-12(2)17(20)19(27)22-10-16(25)24-8-4-5-14(11-24)18(26)23-15-7-6-13(3)9-21-15/h6-7,9,12,14,17H,4-5,8,10-11,20H2,1-3H3,(H,22,27)(H,21,23,26)/t14?,17-/m0/s1. The molecule has 1 aromatic rings. The van der Waals surface area contributed by atoms with Crippen molar-refractivity contribution in [1.82, 2.24) is 15.2 Å². The molecule has 2 rings (SSSR count). The minimum Gasteiger partial charge on any atom is -0.346 e. The van der Waals surface area contributed by atoms with Crippen LogP contribution in [0.25, 0.3) is 0 Å². The van der Waals surface area contributed by atoms with Crippen molar-refractivity contribution < 1.29 is 14.4 Å². The first-order valence-corrected chi connectivity index (χ1v) is 9.32. The van der Waals surface area contributed by atoms with Crippen LogP contribution >= 0.6 is 0 Å². The van der Waals surface area contributed by atoms with Crippen molar-refractivity contribution in [1.29, 1.82) is 0 Å². The second-order valence-corrected chi connectivity index (χ2v) is 7.38. The van der Waals surface area contributed by atoms with Gasteiger partial charge in [-0.05, 0) is 37.3 Å². The van der Waals surface area contributed by atoms with E-state index in [2.05, 4.69) is 15.6 Å². The molecule has 148 valence electrons. The third-order valence-electron chi connectivity index (χ3n) is 4.74. The number of piperidine rings is 1. The van der Waals surface area contributed by atoms with Gasteiger partial charge >= 0.3 is 0 Å². The zero-order valence-corrected chi connectivity index (χ0v) is 16.2. The molecule has 8 heteroatoms. The lowest BCUT2D eigenvalue weighted by Crippen LogP contribution is -2.50. The van der Waals surface area contributed by atoms with Crippen LogP contribution < -0.4 is 16.4 Å². The number of likely N-dealkylation sites (tertiary alicyclic amines) is 1. The summed E-state index contributed by atoms with van der Waals surface area (Å²) in [4.78, 5) is 42.6. The molecular weight excluding hydrogens is 346 g/mol. The van der Waals surface area contributed by atoms with Gasteiger partial charge in [0.05, 0.1) is 18.5 Å². The third kappa shape index (κ3) is 6.02. The Morgan fingerprint density at radius 1 is 1.33 bits per heavy atom. The maximum atomic E-state index is 12.5. The number of amides is 3. The summed E-state index contributed by atoms with van der Waals surface area (Å²) in [5.41, 5.74) is 6.79. The van der Waals surface area contributed by atoms with E-state index in [9.17, 15) is 14.4 Å². The molecule has 27 heavy (non-hydrogen) atoms. The lowest BCUT2D eigenvalue weighted by molar-refractivity contribution is -0.136. The first kappa shape index (κ1) is 20.8. The van der Waals surface area contributed by atoms with Gasteiger partial charge in [0.15, 0.2) is 0 Å². The fraction of sp³-hybridized carbons (Fsp3) is 0.579. The summed E-state index contributed by atoms with van der Waals surface area (Å²) < 4.78 is 0. The molecular formula is C19H29N5O3. The number of anilines is 1. The van der Waals surface area contributed by atoms with E-state index in [0.717, 1.165) is 12.0 Å². The summed E-state index contributed by atoms with van der Waals surface area (Å²) in [6.45, 7) is 6.44. The molecule has 0 radical (unpaired) electrons. The number of aryl methyl sites for hydroxylation is 1. The van der Waals surface area contributed by atoms with Crippen LogP contribution in [-0.2, 0) is 14.4 Å². The normalized spacial score (nSPS) is 18.1. The maximum absolute atomic E-state index is 12.5. The summed E-state index contributed by atoms with van der Waals surface area (Å²) in [6.07, 6.45) is 3.15. The van der Waals surface area contributed by atoms with E-state index in [1.807, 2.05) is 26.8 Å². The molecule has 0 saturated carbocycles. The highest BCUT2D eigenvalue weighted by Gasteiger charge is 2.29. The Bertz CT molecular complexity index is 674. The zero-order chi connectivity index (χ0) is 20.0. The SMILES string of the molecule is Cc1ccc(NC(=O)C2CCCN(C(=O)CNC(=O)[C@@H](N)C(C)C)C2)nc1. The predicted octanol–water partition coefficient (Wildman–Crippen LogP) is 0.667. The Kier molecular flexibility index (Phi) is 7.29. The lowest BCUT2D eigenvalue weighted by atomic mass is 9.97. The van der Waals surface area contributed by atoms with E-state index >= 15 is 0 Å². The number of rotatable bonds is 6. The van der Waals surface area contributed by atoms with E-state index in [4.69, 9.17) is 5.73 Å². The maximum Gasteiger partial charge on any atom is 0.241 e. The molecule has 8 nitrogen and oxygen atoms in total. The molecule has 0 aromatic carbocycles. The summed E-state index contributed by atoms with van der Waals surface area (Å²) >= 11 is 0. The van der Waals surface area contributed by atoms with Gasteiger partial charge in [-0.1, -0.05) is 19.9 Å². The van der Waals surface area contributed by atoms with Crippen molar-refractivity contribution in [3.8, 4) is 0 Å². The van der Waals surface area contributed by atoms with Gasteiger partial charge in [0.2, 0.25) is 17.7 Å². The molecule has 2 atom stereocenters. The summed E-state index contributed by atoms with van der Waals surface area (Å²) in [6, 6.07) is 3.00. The largest absolute Gasteiger partial charge is 0.346 e. The summed E-state index contributed by atoms with van der Waals surface area (Å²) in [5.74, 6) is -0.475. The van der Waals surface area contributed by atoms with Crippen molar-refractivity contribution >= 4 is 23.5 Å². The molecule has 1 aliphatic rings. The zero-order valence-electron chi connectivity index (χ0n) is 16.2. The fourth-order valence-corrected chi connectivity index (χ4v) is 2.88. The smallest absolute Gasteiger partial charge is 0.241 e. The number of hydrogen-bond acceptors (Lipinski definition) is 5. The average molecular weight is 375 g/mol. The number of aromatic nitrogens is 1. The first-order chi connectivity index (χ1) is 12.8. The highest BCUT2D eigenvalue weighted by Crippen LogP contribution is 2.18. The molecule has 1 unspecified atom stereocenters. The van der Waals surface area contributed by atoms with E-state index < -0.39 is 6.04 Å². The number of nitrogens with zero attached hydrogens (tertiary/aromatic N) is 2. The molecule has 1 fully saturated rings. The van der Waals surface area contributed by atoms with Crippen molar-refractivity contribution in [2.45, 2.75) is 39.7 Å². The molecule has 3 amide bonds. The highest BCUT2D eigenvalue weighted by molar-refractivity contribution is 5.92. The van der Waals surface area contributed by atoms with Gasteiger partial charge in [0.25, 0.3) is 0 Å². The quantitative estimate of drug-likeness (QED) is 0.675. The number of carbonyl (C=O) groups is 3. The van der Waals surface area contributed by atoms with Crippen molar-refractivity contribution in [3.05, 3.63) is 23.9 Å². The van der Waals surface area contributed by atoms with Crippen LogP contribution in [-0.4, -0.2) is 53.3 Å². The van der Waals surface area contributed by atoms with Crippen LogP contribution in [0.2, 0.25) is 0 Å². The molecule has 0 bridgehead atoms. The third-order valence-corrected chi connectivity index (χ3v) is 4.74. The van der Waals surface area contributed by atoms with Gasteiger partial charge < -0.3 is 21.3 Å². The molecule has 0 spiro atoms. The van der Waals surface area contributed by atoms with E-state index in [-0.39, 0.29) is 36.1 Å². The second kappa shape index (κ2) is 9.45. The topological polar surface area (TPSA) is 117 Å².